The molecule has 1 aromatic heterocycles. The maximum atomic E-state index is 12.4. The predicted molar refractivity (Wildman–Crippen MR) is 111 cm³/mol. The van der Waals surface area contributed by atoms with Crippen LogP contribution in [0.3, 0.4) is 0 Å². The van der Waals surface area contributed by atoms with Crippen molar-refractivity contribution in [2.75, 3.05) is 17.2 Å². The topological polar surface area (TPSA) is 120 Å². The van der Waals surface area contributed by atoms with Crippen molar-refractivity contribution >= 4 is 40.0 Å². The van der Waals surface area contributed by atoms with Crippen molar-refractivity contribution in [2.45, 2.75) is 13.8 Å². The molecule has 8 heteroatoms. The number of anilines is 2. The van der Waals surface area contributed by atoms with Gasteiger partial charge in [-0.25, -0.2) is 0 Å². The molecule has 1 heterocycles. The van der Waals surface area contributed by atoms with Crippen LogP contribution >= 0.6 is 0 Å². The fourth-order valence-corrected chi connectivity index (χ4v) is 2.82. The number of hydrogen-bond donors (Lipinski definition) is 4. The highest BCUT2D eigenvalue weighted by atomic mass is 16.2. The number of rotatable bonds is 5. The molecule has 0 aliphatic heterocycles. The number of aryl methyl sites for hydroxylation is 1. The summed E-state index contributed by atoms with van der Waals surface area (Å²) in [6, 6.07) is 11.9. The van der Waals surface area contributed by atoms with E-state index in [0.29, 0.717) is 22.3 Å². The minimum atomic E-state index is -0.644. The van der Waals surface area contributed by atoms with Crippen LogP contribution in [0.5, 0.6) is 0 Å². The first kappa shape index (κ1) is 19.8. The molecular weight excluding hydrogens is 372 g/mol. The molecule has 2 aromatic carbocycles. The molecule has 148 valence electrons. The highest BCUT2D eigenvalue weighted by Crippen LogP contribution is 2.20. The summed E-state index contributed by atoms with van der Waals surface area (Å²) in [6.45, 7) is 2.92. The number of fused-ring (bicyclic) bond motifs is 1. The van der Waals surface area contributed by atoms with Gasteiger partial charge in [0.2, 0.25) is 17.2 Å². The molecule has 8 nitrogen and oxygen atoms in total. The number of carbonyl (C=O) groups excluding carboxylic acids is 3. The lowest BCUT2D eigenvalue weighted by molar-refractivity contribution is -0.115. The minimum absolute atomic E-state index is 0.0696. The SMILES string of the molecule is CC(=O)Nc1cc(NC(=O)CNC(=O)c2c[nH]c3ccccc3c2=O)ccc1C. The predicted octanol–water partition coefficient (Wildman–Crippen LogP) is 2.16. The normalized spacial score (nSPS) is 10.4. The number of benzene rings is 2. The molecule has 0 aliphatic carbocycles. The Morgan fingerprint density at radius 2 is 1.79 bits per heavy atom. The van der Waals surface area contributed by atoms with Gasteiger partial charge in [-0.3, -0.25) is 19.2 Å². The number of H-pyrrole nitrogens is 1. The molecule has 3 amide bonds. The van der Waals surface area contributed by atoms with Gasteiger partial charge in [-0.1, -0.05) is 18.2 Å². The summed E-state index contributed by atoms with van der Waals surface area (Å²) in [4.78, 5) is 51.1. The van der Waals surface area contributed by atoms with Crippen LogP contribution in [-0.4, -0.2) is 29.3 Å². The lowest BCUT2D eigenvalue weighted by Crippen LogP contribution is -2.35. The first-order chi connectivity index (χ1) is 13.8. The summed E-state index contributed by atoms with van der Waals surface area (Å²) in [7, 11) is 0. The van der Waals surface area contributed by atoms with Crippen molar-refractivity contribution in [1.29, 1.82) is 0 Å². The van der Waals surface area contributed by atoms with E-state index in [2.05, 4.69) is 20.9 Å². The molecule has 3 rings (SSSR count). The number of pyridine rings is 1. The smallest absolute Gasteiger partial charge is 0.257 e. The van der Waals surface area contributed by atoms with Crippen LogP contribution in [0.4, 0.5) is 11.4 Å². The van der Waals surface area contributed by atoms with Crippen molar-refractivity contribution in [2.24, 2.45) is 0 Å². The summed E-state index contributed by atoms with van der Waals surface area (Å²) in [5, 5.41) is 8.16. The van der Waals surface area contributed by atoms with Crippen molar-refractivity contribution in [3.05, 3.63) is 70.0 Å². The summed E-state index contributed by atoms with van der Waals surface area (Å²) < 4.78 is 0. The minimum Gasteiger partial charge on any atom is -0.360 e. The Hall–Kier alpha value is -3.94. The average Bonchev–Trinajstić information content (AvgIpc) is 2.69. The molecule has 0 atom stereocenters. The summed E-state index contributed by atoms with van der Waals surface area (Å²) >= 11 is 0. The van der Waals surface area contributed by atoms with E-state index in [1.165, 1.54) is 13.1 Å². The molecule has 0 aliphatic rings. The second-order valence-electron chi connectivity index (χ2n) is 6.52. The van der Waals surface area contributed by atoms with E-state index in [4.69, 9.17) is 0 Å². The van der Waals surface area contributed by atoms with Crippen LogP contribution in [0, 0.1) is 6.92 Å². The molecule has 0 saturated heterocycles. The fourth-order valence-electron chi connectivity index (χ4n) is 2.82. The van der Waals surface area contributed by atoms with E-state index >= 15 is 0 Å². The molecule has 29 heavy (non-hydrogen) atoms. The van der Waals surface area contributed by atoms with Gasteiger partial charge in [-0.05, 0) is 36.8 Å². The quantitative estimate of drug-likeness (QED) is 0.532. The second-order valence-corrected chi connectivity index (χ2v) is 6.52. The summed E-state index contributed by atoms with van der Waals surface area (Å²) in [5.41, 5.74) is 2.06. The molecular formula is C21H20N4O4. The number of aromatic nitrogens is 1. The lowest BCUT2D eigenvalue weighted by Gasteiger charge is -2.11. The first-order valence-electron chi connectivity index (χ1n) is 8.92. The summed E-state index contributed by atoms with van der Waals surface area (Å²) in [6.07, 6.45) is 1.33. The highest BCUT2D eigenvalue weighted by Gasteiger charge is 2.14. The molecule has 0 bridgehead atoms. The van der Waals surface area contributed by atoms with Crippen LogP contribution in [0.25, 0.3) is 10.9 Å². The van der Waals surface area contributed by atoms with Gasteiger partial charge in [0.1, 0.15) is 5.56 Å². The maximum absolute atomic E-state index is 12.4. The largest absolute Gasteiger partial charge is 0.360 e. The van der Waals surface area contributed by atoms with Gasteiger partial charge in [-0.2, -0.15) is 0 Å². The maximum Gasteiger partial charge on any atom is 0.257 e. The van der Waals surface area contributed by atoms with Crippen LogP contribution in [0.1, 0.15) is 22.8 Å². The number of aromatic amines is 1. The highest BCUT2D eigenvalue weighted by molar-refractivity contribution is 6.01. The lowest BCUT2D eigenvalue weighted by atomic mass is 10.1. The van der Waals surface area contributed by atoms with Crippen molar-refractivity contribution in [1.82, 2.24) is 10.3 Å². The number of para-hydroxylation sites is 1. The van der Waals surface area contributed by atoms with Gasteiger partial charge in [0.05, 0.1) is 6.54 Å². The van der Waals surface area contributed by atoms with Crippen molar-refractivity contribution in [3.8, 4) is 0 Å². The van der Waals surface area contributed by atoms with Gasteiger partial charge < -0.3 is 20.9 Å². The first-order valence-corrected chi connectivity index (χ1v) is 8.92. The third kappa shape index (κ3) is 4.67. The number of carbonyl (C=O) groups is 3. The monoisotopic (exact) mass is 392 g/mol. The van der Waals surface area contributed by atoms with Crippen LogP contribution in [0.2, 0.25) is 0 Å². The molecule has 0 radical (unpaired) electrons. The zero-order valence-corrected chi connectivity index (χ0v) is 16.0. The zero-order chi connectivity index (χ0) is 21.0. The Balaban J connectivity index is 1.65. The molecule has 0 fully saturated rings. The van der Waals surface area contributed by atoms with Gasteiger partial charge in [0.15, 0.2) is 0 Å². The second kappa shape index (κ2) is 8.39. The number of amides is 3. The van der Waals surface area contributed by atoms with Gasteiger partial charge in [0, 0.05) is 35.4 Å². The molecule has 0 spiro atoms. The zero-order valence-electron chi connectivity index (χ0n) is 16.0. The van der Waals surface area contributed by atoms with E-state index in [0.717, 1.165) is 5.56 Å². The van der Waals surface area contributed by atoms with Gasteiger partial charge in [-0.15, -0.1) is 0 Å². The third-order valence-corrected chi connectivity index (χ3v) is 4.27. The van der Waals surface area contributed by atoms with Crippen LogP contribution in [-0.2, 0) is 9.59 Å². The molecule has 3 aromatic rings. The Labute approximate surface area is 166 Å². The Bertz CT molecular complexity index is 1170. The van der Waals surface area contributed by atoms with E-state index < -0.39 is 17.2 Å². The Kier molecular flexibility index (Phi) is 5.73. The number of nitrogens with one attached hydrogen (secondary N) is 4. The summed E-state index contributed by atoms with van der Waals surface area (Å²) in [5.74, 6) is -1.33. The van der Waals surface area contributed by atoms with Gasteiger partial charge >= 0.3 is 0 Å². The van der Waals surface area contributed by atoms with E-state index in [-0.39, 0.29) is 18.0 Å². The van der Waals surface area contributed by atoms with Crippen LogP contribution < -0.4 is 21.4 Å². The van der Waals surface area contributed by atoms with Crippen LogP contribution in [0.15, 0.2) is 53.5 Å². The third-order valence-electron chi connectivity index (χ3n) is 4.27. The van der Waals surface area contributed by atoms with Gasteiger partial charge in [0.25, 0.3) is 5.91 Å². The Morgan fingerprint density at radius 3 is 2.55 bits per heavy atom. The Morgan fingerprint density at radius 1 is 1.03 bits per heavy atom. The van der Waals surface area contributed by atoms with Crippen molar-refractivity contribution < 1.29 is 14.4 Å². The molecule has 4 N–H and O–H groups in total. The molecule has 0 unspecified atom stereocenters. The molecule has 0 saturated carbocycles. The van der Waals surface area contributed by atoms with E-state index in [1.54, 1.807) is 42.5 Å². The average molecular weight is 392 g/mol. The van der Waals surface area contributed by atoms with E-state index in [9.17, 15) is 19.2 Å². The number of hydrogen-bond acceptors (Lipinski definition) is 4. The standard InChI is InChI=1S/C21H20N4O4/c1-12-7-8-14(9-18(12)24-13(2)26)25-19(27)11-23-21(29)16-10-22-17-6-4-3-5-15(17)20(16)28/h3-10H,11H2,1-2H3,(H,22,28)(H,23,29)(H,24,26)(H,25,27). The van der Waals surface area contributed by atoms with E-state index in [1.807, 2.05) is 6.92 Å². The van der Waals surface area contributed by atoms with Crippen molar-refractivity contribution in [3.63, 3.8) is 0 Å². The fraction of sp³-hybridized carbons (Fsp3) is 0.143.